The van der Waals surface area contributed by atoms with Crippen LogP contribution >= 0.6 is 0 Å². The summed E-state index contributed by atoms with van der Waals surface area (Å²) in [6.45, 7) is 2.67. The summed E-state index contributed by atoms with van der Waals surface area (Å²) in [4.78, 5) is 36.8. The summed E-state index contributed by atoms with van der Waals surface area (Å²) < 4.78 is 15.4. The molecule has 0 saturated heterocycles. The molecule has 4 aromatic rings. The maximum atomic E-state index is 12.8. The minimum absolute atomic E-state index is 0.0580. The molecule has 0 bridgehead atoms. The molecule has 3 aromatic carbocycles. The molecule has 0 unspecified atom stereocenters. The number of nitrogens with one attached hydrogen (secondary N) is 1. The number of nitrogens with zero attached hydrogens (tertiary/aromatic N) is 1. The van der Waals surface area contributed by atoms with Gasteiger partial charge in [0.15, 0.2) is 17.2 Å². The number of carbonyl (C=O) groups is 3. The summed E-state index contributed by atoms with van der Waals surface area (Å²) in [5, 5.41) is 6.54. The Morgan fingerprint density at radius 3 is 2.39 bits per heavy atom. The number of rotatable bonds is 10. The Labute approximate surface area is 219 Å². The van der Waals surface area contributed by atoms with Crippen LogP contribution in [0.2, 0.25) is 0 Å². The summed E-state index contributed by atoms with van der Waals surface area (Å²) in [7, 11) is 1.26. The molecule has 4 rings (SSSR count). The van der Waals surface area contributed by atoms with Gasteiger partial charge in [0, 0.05) is 28.4 Å². The van der Waals surface area contributed by atoms with Crippen LogP contribution in [0, 0.1) is 0 Å². The predicted molar refractivity (Wildman–Crippen MR) is 143 cm³/mol. The van der Waals surface area contributed by atoms with Gasteiger partial charge in [-0.3, -0.25) is 9.59 Å². The van der Waals surface area contributed by atoms with Gasteiger partial charge in [0.1, 0.15) is 5.75 Å². The highest BCUT2D eigenvalue weighted by atomic mass is 16.5. The molecule has 0 radical (unpaired) electrons. The van der Waals surface area contributed by atoms with Gasteiger partial charge in [-0.25, -0.2) is 4.79 Å². The zero-order chi connectivity index (χ0) is 26.9. The SMILES string of the molecule is CCCOc1ccc(C(=O)/C=C/c2ccc(C(=O)Nc3cccc(-c4cc(C(=O)OC)no4)c3)cc2)cc1. The third kappa shape index (κ3) is 6.61. The third-order valence-corrected chi connectivity index (χ3v) is 5.52. The molecule has 8 heteroatoms. The van der Waals surface area contributed by atoms with Gasteiger partial charge in [-0.1, -0.05) is 42.4 Å². The van der Waals surface area contributed by atoms with E-state index in [9.17, 15) is 14.4 Å². The van der Waals surface area contributed by atoms with Gasteiger partial charge >= 0.3 is 5.97 Å². The monoisotopic (exact) mass is 510 g/mol. The molecule has 8 nitrogen and oxygen atoms in total. The van der Waals surface area contributed by atoms with Crippen LogP contribution in [-0.2, 0) is 4.74 Å². The van der Waals surface area contributed by atoms with Gasteiger partial charge < -0.3 is 19.3 Å². The zero-order valence-electron chi connectivity index (χ0n) is 21.0. The lowest BCUT2D eigenvalue weighted by Gasteiger charge is -2.07. The van der Waals surface area contributed by atoms with E-state index in [-0.39, 0.29) is 17.4 Å². The van der Waals surface area contributed by atoms with Crippen molar-refractivity contribution in [3.8, 4) is 17.1 Å². The van der Waals surface area contributed by atoms with E-state index >= 15 is 0 Å². The number of esters is 1. The molecular weight excluding hydrogens is 484 g/mol. The second-order valence-corrected chi connectivity index (χ2v) is 8.30. The summed E-state index contributed by atoms with van der Waals surface area (Å²) in [6, 6.07) is 22.4. The fourth-order valence-electron chi connectivity index (χ4n) is 3.51. The van der Waals surface area contributed by atoms with Crippen molar-refractivity contribution < 1.29 is 28.4 Å². The summed E-state index contributed by atoms with van der Waals surface area (Å²) in [5.74, 6) is 0.0800. The first-order valence-corrected chi connectivity index (χ1v) is 12.0. The second kappa shape index (κ2) is 12.3. The molecule has 1 heterocycles. The average molecular weight is 511 g/mol. The minimum Gasteiger partial charge on any atom is -0.494 e. The Hall–Kier alpha value is -4.98. The van der Waals surface area contributed by atoms with E-state index in [0.717, 1.165) is 17.7 Å². The fourth-order valence-corrected chi connectivity index (χ4v) is 3.51. The molecule has 0 spiro atoms. The molecule has 0 atom stereocenters. The van der Waals surface area contributed by atoms with Gasteiger partial charge in [0.2, 0.25) is 0 Å². The van der Waals surface area contributed by atoms with Crippen molar-refractivity contribution >= 4 is 29.4 Å². The molecule has 38 heavy (non-hydrogen) atoms. The molecule has 0 saturated carbocycles. The highest BCUT2D eigenvalue weighted by Gasteiger charge is 2.14. The van der Waals surface area contributed by atoms with Crippen molar-refractivity contribution in [2.24, 2.45) is 0 Å². The Morgan fingerprint density at radius 2 is 1.68 bits per heavy atom. The number of methoxy groups -OCH3 is 1. The fraction of sp³-hybridized carbons (Fsp3) is 0.133. The quantitative estimate of drug-likeness (QED) is 0.157. The second-order valence-electron chi connectivity index (χ2n) is 8.30. The molecule has 0 aliphatic carbocycles. The lowest BCUT2D eigenvalue weighted by atomic mass is 10.1. The molecule has 1 aromatic heterocycles. The van der Waals surface area contributed by atoms with Gasteiger partial charge in [-0.2, -0.15) is 0 Å². The third-order valence-electron chi connectivity index (χ3n) is 5.52. The van der Waals surface area contributed by atoms with E-state index in [4.69, 9.17) is 9.26 Å². The van der Waals surface area contributed by atoms with Crippen molar-refractivity contribution in [1.82, 2.24) is 5.16 Å². The summed E-state index contributed by atoms with van der Waals surface area (Å²) in [6.07, 6.45) is 4.12. The number of aromatic nitrogens is 1. The minimum atomic E-state index is -0.598. The number of anilines is 1. The average Bonchev–Trinajstić information content (AvgIpc) is 3.46. The number of amides is 1. The first-order valence-electron chi connectivity index (χ1n) is 12.0. The van der Waals surface area contributed by atoms with E-state index in [0.29, 0.717) is 34.7 Å². The number of hydrogen-bond donors (Lipinski definition) is 1. The number of ether oxygens (including phenoxy) is 2. The Morgan fingerprint density at radius 1 is 0.947 bits per heavy atom. The maximum absolute atomic E-state index is 12.8. The zero-order valence-corrected chi connectivity index (χ0v) is 21.0. The van der Waals surface area contributed by atoms with Crippen LogP contribution in [-0.4, -0.2) is 36.5 Å². The predicted octanol–water partition coefficient (Wildman–Crippen LogP) is 6.07. The maximum Gasteiger partial charge on any atom is 0.360 e. The van der Waals surface area contributed by atoms with Crippen LogP contribution in [0.25, 0.3) is 17.4 Å². The van der Waals surface area contributed by atoms with Gasteiger partial charge in [0.25, 0.3) is 5.91 Å². The van der Waals surface area contributed by atoms with Crippen molar-refractivity contribution in [2.75, 3.05) is 19.0 Å². The number of ketones is 1. The Bertz CT molecular complexity index is 1450. The first-order chi connectivity index (χ1) is 18.5. The van der Waals surface area contributed by atoms with Crippen LogP contribution in [0.5, 0.6) is 5.75 Å². The number of benzene rings is 3. The van der Waals surface area contributed by atoms with Crippen molar-refractivity contribution in [3.63, 3.8) is 0 Å². The number of allylic oxidation sites excluding steroid dienone is 1. The number of carbonyl (C=O) groups excluding carboxylic acids is 3. The molecule has 0 aliphatic heterocycles. The van der Waals surface area contributed by atoms with E-state index in [1.165, 1.54) is 19.3 Å². The van der Waals surface area contributed by atoms with E-state index in [1.54, 1.807) is 78.9 Å². The molecule has 1 amide bonds. The first kappa shape index (κ1) is 26.1. The smallest absolute Gasteiger partial charge is 0.360 e. The topological polar surface area (TPSA) is 108 Å². The van der Waals surface area contributed by atoms with Crippen LogP contribution in [0.1, 0.15) is 50.1 Å². The van der Waals surface area contributed by atoms with Crippen LogP contribution < -0.4 is 10.1 Å². The van der Waals surface area contributed by atoms with Crippen LogP contribution in [0.4, 0.5) is 5.69 Å². The number of hydrogen-bond acceptors (Lipinski definition) is 7. The van der Waals surface area contributed by atoms with Gasteiger partial charge in [-0.05, 0) is 66.6 Å². The van der Waals surface area contributed by atoms with E-state index in [2.05, 4.69) is 15.2 Å². The highest BCUT2D eigenvalue weighted by molar-refractivity contribution is 6.07. The van der Waals surface area contributed by atoms with E-state index < -0.39 is 5.97 Å². The largest absolute Gasteiger partial charge is 0.494 e. The van der Waals surface area contributed by atoms with Crippen molar-refractivity contribution in [1.29, 1.82) is 0 Å². The Balaban J connectivity index is 1.37. The van der Waals surface area contributed by atoms with Crippen molar-refractivity contribution in [3.05, 3.63) is 107 Å². The molecule has 192 valence electrons. The summed E-state index contributed by atoms with van der Waals surface area (Å²) >= 11 is 0. The highest BCUT2D eigenvalue weighted by Crippen LogP contribution is 2.24. The summed E-state index contributed by atoms with van der Waals surface area (Å²) in [5.41, 5.74) is 3.04. The molecule has 0 fully saturated rings. The molecule has 0 aliphatic rings. The van der Waals surface area contributed by atoms with Gasteiger partial charge in [0.05, 0.1) is 13.7 Å². The lowest BCUT2D eigenvalue weighted by Crippen LogP contribution is -2.11. The van der Waals surface area contributed by atoms with E-state index in [1.807, 2.05) is 6.92 Å². The van der Waals surface area contributed by atoms with Gasteiger partial charge in [-0.15, -0.1) is 0 Å². The Kier molecular flexibility index (Phi) is 8.46. The van der Waals surface area contributed by atoms with Crippen LogP contribution in [0.3, 0.4) is 0 Å². The van der Waals surface area contributed by atoms with Crippen LogP contribution in [0.15, 0.2) is 89.5 Å². The van der Waals surface area contributed by atoms with Crippen molar-refractivity contribution in [2.45, 2.75) is 13.3 Å². The normalized spacial score (nSPS) is 10.8. The lowest BCUT2D eigenvalue weighted by molar-refractivity contribution is 0.0589. The standard InChI is InChI=1S/C30H26N2O6/c1-3-17-37-25-14-12-21(13-15-25)27(33)16-9-20-7-10-22(11-8-20)29(34)31-24-6-4-5-23(18-24)28-19-26(32-38-28)30(35)36-2/h4-16,18-19H,3,17H2,1-2H3,(H,31,34)/b16-9+. The molecule has 1 N–H and O–H groups in total. The molecular formula is C30H26N2O6.